The van der Waals surface area contributed by atoms with Gasteiger partial charge in [0.15, 0.2) is 5.69 Å². The molecule has 0 saturated carbocycles. The first-order valence-electron chi connectivity index (χ1n) is 10.3. The third-order valence-corrected chi connectivity index (χ3v) is 5.79. The minimum Gasteiger partial charge on any atom is -0.595 e. The summed E-state index contributed by atoms with van der Waals surface area (Å²) >= 11 is 0. The number of para-hydroxylation sites is 2. The van der Waals surface area contributed by atoms with Gasteiger partial charge in [0.2, 0.25) is 0 Å². The van der Waals surface area contributed by atoms with Gasteiger partial charge in [-0.2, -0.15) is 15.6 Å². The van der Waals surface area contributed by atoms with Crippen molar-refractivity contribution in [1.29, 1.82) is 5.26 Å². The summed E-state index contributed by atoms with van der Waals surface area (Å²) in [6.07, 6.45) is 5.29. The third kappa shape index (κ3) is 4.29. The Balaban J connectivity index is 1.50. The van der Waals surface area contributed by atoms with Crippen LogP contribution in [0, 0.1) is 30.4 Å². The number of allylic oxidation sites excluding steroid dienone is 1. The fourth-order valence-electron chi connectivity index (χ4n) is 4.33. The summed E-state index contributed by atoms with van der Waals surface area (Å²) in [4.78, 5) is 0. The number of aromatic nitrogens is 2. The number of hydrogen-bond donors (Lipinski definition) is 3. The average molecular weight is 415 g/mol. The molecule has 31 heavy (non-hydrogen) atoms. The van der Waals surface area contributed by atoms with E-state index in [9.17, 15) is 10.4 Å². The minimum atomic E-state index is -0.963. The smallest absolute Gasteiger partial charge is 0.189 e. The number of benzene rings is 2. The van der Waals surface area contributed by atoms with E-state index in [-0.39, 0.29) is 17.6 Å². The van der Waals surface area contributed by atoms with E-state index in [2.05, 4.69) is 28.6 Å². The Hall–Kier alpha value is -3.28. The van der Waals surface area contributed by atoms with Gasteiger partial charge >= 0.3 is 0 Å². The lowest BCUT2D eigenvalue weighted by atomic mass is 9.96. The highest BCUT2D eigenvalue weighted by Gasteiger charge is 2.27. The van der Waals surface area contributed by atoms with Crippen molar-refractivity contribution in [3.05, 3.63) is 94.0 Å². The van der Waals surface area contributed by atoms with Crippen LogP contribution in [0.1, 0.15) is 40.4 Å². The zero-order valence-electron chi connectivity index (χ0n) is 17.5. The molecule has 7 heteroatoms. The zero-order chi connectivity index (χ0) is 22.0. The molecule has 2 aromatic carbocycles. The molecule has 0 radical (unpaired) electrons. The van der Waals surface area contributed by atoms with Crippen molar-refractivity contribution >= 4 is 5.69 Å². The van der Waals surface area contributed by atoms with Crippen molar-refractivity contribution in [1.82, 2.24) is 15.1 Å². The van der Waals surface area contributed by atoms with Crippen molar-refractivity contribution in [3.63, 3.8) is 0 Å². The summed E-state index contributed by atoms with van der Waals surface area (Å²) in [5.41, 5.74) is 5.59. The van der Waals surface area contributed by atoms with Crippen LogP contribution in [0.15, 0.2) is 60.7 Å². The molecule has 3 aromatic rings. The van der Waals surface area contributed by atoms with Crippen LogP contribution in [0.3, 0.4) is 0 Å². The molecule has 1 aromatic heterocycles. The van der Waals surface area contributed by atoms with Gasteiger partial charge in [-0.25, -0.2) is 9.89 Å². The molecule has 0 spiro atoms. The van der Waals surface area contributed by atoms with Crippen LogP contribution in [0.5, 0.6) is 0 Å². The second-order valence-corrected chi connectivity index (χ2v) is 7.85. The molecule has 1 aliphatic carbocycles. The summed E-state index contributed by atoms with van der Waals surface area (Å²) in [5.74, 6) is 0.216. The summed E-state index contributed by atoms with van der Waals surface area (Å²) < 4.78 is 1.75. The van der Waals surface area contributed by atoms with Crippen molar-refractivity contribution < 1.29 is 10.4 Å². The van der Waals surface area contributed by atoms with Crippen molar-refractivity contribution in [2.75, 3.05) is 0 Å². The first kappa shape index (κ1) is 21.0. The Kier molecular flexibility index (Phi) is 5.98. The zero-order valence-corrected chi connectivity index (χ0v) is 17.5. The van der Waals surface area contributed by atoms with Gasteiger partial charge in [-0.05, 0) is 44.0 Å². The molecule has 0 bridgehead atoms. The van der Waals surface area contributed by atoms with Crippen LogP contribution in [0.25, 0.3) is 5.69 Å². The molecule has 1 heterocycles. The van der Waals surface area contributed by atoms with E-state index in [1.165, 1.54) is 0 Å². The summed E-state index contributed by atoms with van der Waals surface area (Å²) in [6, 6.07) is 17.0. The maximum Gasteiger partial charge on any atom is 0.189 e. The molecular weight excluding hydrogens is 390 g/mol. The second-order valence-electron chi connectivity index (χ2n) is 7.85. The van der Waals surface area contributed by atoms with Gasteiger partial charge in [-0.1, -0.05) is 36.4 Å². The van der Waals surface area contributed by atoms with Crippen LogP contribution < -0.4 is 10.5 Å². The van der Waals surface area contributed by atoms with Crippen molar-refractivity contribution in [3.8, 4) is 11.8 Å². The fourth-order valence-corrected chi connectivity index (χ4v) is 4.33. The fraction of sp³-hybridized carbons (Fsp3) is 0.250. The van der Waals surface area contributed by atoms with Crippen molar-refractivity contribution in [2.45, 2.75) is 38.8 Å². The normalized spacial score (nSPS) is 18.8. The Morgan fingerprint density at radius 1 is 1.23 bits per heavy atom. The van der Waals surface area contributed by atoms with E-state index in [0.717, 1.165) is 28.9 Å². The van der Waals surface area contributed by atoms with E-state index < -0.39 is 5.23 Å². The SMILES string of the molecule is Cc1nn(-c2ccccc2[NH+]([O-])O)c(C)c1[C@H]1C=C[C@@H](NCc2cccc(C#N)c2)C1. The molecule has 3 atom stereocenters. The Labute approximate surface area is 181 Å². The molecular formula is C24H25N5O2. The Morgan fingerprint density at radius 2 is 2.03 bits per heavy atom. The monoisotopic (exact) mass is 415 g/mol. The van der Waals surface area contributed by atoms with Gasteiger partial charge in [-0.3, -0.25) is 0 Å². The van der Waals surface area contributed by atoms with E-state index in [1.807, 2.05) is 38.1 Å². The van der Waals surface area contributed by atoms with Gasteiger partial charge in [0.1, 0.15) is 5.69 Å². The molecule has 0 amide bonds. The highest BCUT2D eigenvalue weighted by molar-refractivity contribution is 5.53. The standard InChI is InChI=1S/C24H25N5O2/c1-16-24(17(2)28(27-16)22-8-3-4-9-23(22)29(30)31)20-10-11-21(13-20)26-15-19-7-5-6-18(12-19)14-25/h3-12,20-21,26,29-30H,13,15H2,1-2H3/t20-,21+/m0/s1. The molecule has 0 saturated heterocycles. The Morgan fingerprint density at radius 3 is 2.81 bits per heavy atom. The molecule has 3 N–H and O–H groups in total. The number of nitrogens with zero attached hydrogens (tertiary/aromatic N) is 3. The first-order chi connectivity index (χ1) is 15.0. The lowest BCUT2D eigenvalue weighted by Crippen LogP contribution is -2.99. The number of quaternary nitrogens is 1. The van der Waals surface area contributed by atoms with E-state index in [1.54, 1.807) is 28.9 Å². The predicted molar refractivity (Wildman–Crippen MR) is 117 cm³/mol. The maximum atomic E-state index is 11.6. The molecule has 0 fully saturated rings. The molecule has 4 rings (SSSR count). The topological polar surface area (TPSA) is 101 Å². The highest BCUT2D eigenvalue weighted by Crippen LogP contribution is 2.34. The van der Waals surface area contributed by atoms with Crippen LogP contribution in [-0.2, 0) is 6.54 Å². The molecule has 1 aliphatic rings. The van der Waals surface area contributed by atoms with Gasteiger partial charge in [0.05, 0.1) is 17.3 Å². The number of rotatable bonds is 6. The summed E-state index contributed by atoms with van der Waals surface area (Å²) in [7, 11) is 0. The lowest BCUT2D eigenvalue weighted by molar-refractivity contribution is -0.991. The Bertz CT molecular complexity index is 1160. The molecule has 158 valence electrons. The van der Waals surface area contributed by atoms with E-state index in [0.29, 0.717) is 17.8 Å². The summed E-state index contributed by atoms with van der Waals surface area (Å²) in [5, 5.41) is 37.5. The minimum absolute atomic E-state index is 0.216. The predicted octanol–water partition coefficient (Wildman–Crippen LogP) is 2.97. The number of nitrogens with one attached hydrogen (secondary N) is 2. The van der Waals surface area contributed by atoms with Crippen LogP contribution >= 0.6 is 0 Å². The lowest BCUT2D eigenvalue weighted by Gasteiger charge is -2.17. The maximum absolute atomic E-state index is 11.6. The quantitative estimate of drug-likeness (QED) is 0.424. The largest absolute Gasteiger partial charge is 0.595 e. The molecule has 7 nitrogen and oxygen atoms in total. The number of nitriles is 1. The third-order valence-electron chi connectivity index (χ3n) is 5.79. The number of aryl methyl sites for hydroxylation is 1. The van der Waals surface area contributed by atoms with Crippen LogP contribution in [0.2, 0.25) is 0 Å². The van der Waals surface area contributed by atoms with Crippen LogP contribution in [0.4, 0.5) is 5.69 Å². The highest BCUT2D eigenvalue weighted by atomic mass is 16.8. The van der Waals surface area contributed by atoms with Crippen LogP contribution in [-0.4, -0.2) is 21.0 Å². The van der Waals surface area contributed by atoms with E-state index in [4.69, 9.17) is 5.26 Å². The van der Waals surface area contributed by atoms with Gasteiger partial charge in [0, 0.05) is 35.8 Å². The van der Waals surface area contributed by atoms with Gasteiger partial charge in [0.25, 0.3) is 0 Å². The van der Waals surface area contributed by atoms with Gasteiger partial charge < -0.3 is 10.5 Å². The molecule has 0 aliphatic heterocycles. The average Bonchev–Trinajstić information content (AvgIpc) is 3.35. The van der Waals surface area contributed by atoms with Crippen molar-refractivity contribution in [2.24, 2.45) is 0 Å². The number of hydrogen-bond acceptors (Lipinski definition) is 5. The first-order valence-corrected chi connectivity index (χ1v) is 10.3. The second kappa shape index (κ2) is 8.84. The van der Waals surface area contributed by atoms with E-state index >= 15 is 0 Å². The van der Waals surface area contributed by atoms with Gasteiger partial charge in [-0.15, -0.1) is 0 Å². The summed E-state index contributed by atoms with van der Waals surface area (Å²) in [6.45, 7) is 4.67. The molecule has 1 unspecified atom stereocenters.